The molecule has 0 radical (unpaired) electrons. The van der Waals surface area contributed by atoms with Crippen molar-refractivity contribution in [1.82, 2.24) is 15.5 Å². The summed E-state index contributed by atoms with van der Waals surface area (Å²) in [4.78, 5) is 11.5. The van der Waals surface area contributed by atoms with E-state index >= 15 is 0 Å². The summed E-state index contributed by atoms with van der Waals surface area (Å²) in [6.07, 6.45) is 0.289. The topological polar surface area (TPSA) is 91.8 Å². The first-order valence-corrected chi connectivity index (χ1v) is 7.41. The zero-order valence-corrected chi connectivity index (χ0v) is 12.4. The summed E-state index contributed by atoms with van der Waals surface area (Å²) in [6, 6.07) is 8.97. The fraction of sp³-hybridized carbons (Fsp3) is 0.231. The number of aromatic nitrogens is 2. The number of rotatable bonds is 6. The molecule has 8 heteroatoms. The van der Waals surface area contributed by atoms with Gasteiger partial charge in [-0.25, -0.2) is 0 Å². The van der Waals surface area contributed by atoms with E-state index in [9.17, 15) is 4.79 Å². The maximum absolute atomic E-state index is 11.5. The Labute approximate surface area is 130 Å². The van der Waals surface area contributed by atoms with Gasteiger partial charge < -0.3 is 9.73 Å². The van der Waals surface area contributed by atoms with E-state index in [1.807, 2.05) is 6.07 Å². The highest BCUT2D eigenvalue weighted by Crippen LogP contribution is 2.24. The molecule has 1 aromatic heterocycles. The highest BCUT2D eigenvalue weighted by molar-refractivity contribution is 7.99. The second-order valence-corrected chi connectivity index (χ2v) is 5.29. The van der Waals surface area contributed by atoms with Crippen molar-refractivity contribution >= 4 is 29.3 Å². The molecule has 2 aromatic rings. The summed E-state index contributed by atoms with van der Waals surface area (Å²) in [7, 11) is 0. The monoisotopic (exact) mass is 322 g/mol. The summed E-state index contributed by atoms with van der Waals surface area (Å²) < 4.78 is 5.45. The lowest BCUT2D eigenvalue weighted by atomic mass is 10.2. The van der Waals surface area contributed by atoms with E-state index in [1.54, 1.807) is 24.3 Å². The van der Waals surface area contributed by atoms with Crippen LogP contribution in [0, 0.1) is 11.3 Å². The Hall–Kier alpha value is -2.04. The summed E-state index contributed by atoms with van der Waals surface area (Å²) in [5.74, 6) is 0.355. The molecule has 0 saturated carbocycles. The number of benzene rings is 1. The van der Waals surface area contributed by atoms with Crippen LogP contribution in [0.5, 0.6) is 0 Å². The van der Waals surface area contributed by atoms with Crippen LogP contribution in [0.15, 0.2) is 33.9 Å². The molecule has 0 aliphatic carbocycles. The van der Waals surface area contributed by atoms with Gasteiger partial charge in [-0.2, -0.15) is 5.26 Å². The number of hydrogen-bond donors (Lipinski definition) is 1. The quantitative estimate of drug-likeness (QED) is 0.649. The molecule has 1 aromatic carbocycles. The molecule has 0 aliphatic heterocycles. The normalized spacial score (nSPS) is 10.1. The summed E-state index contributed by atoms with van der Waals surface area (Å²) in [5, 5.41) is 19.7. The Bertz CT molecular complexity index is 651. The van der Waals surface area contributed by atoms with Gasteiger partial charge in [0.25, 0.3) is 5.22 Å². The van der Waals surface area contributed by atoms with Gasteiger partial charge in [0.1, 0.15) is 0 Å². The lowest BCUT2D eigenvalue weighted by molar-refractivity contribution is -0.118. The molecule has 108 valence electrons. The minimum absolute atomic E-state index is 0.160. The van der Waals surface area contributed by atoms with Crippen LogP contribution in [-0.2, 0) is 4.79 Å². The largest absolute Gasteiger partial charge is 0.411 e. The van der Waals surface area contributed by atoms with E-state index in [-0.39, 0.29) is 18.1 Å². The third-order valence-corrected chi connectivity index (χ3v) is 3.45. The summed E-state index contributed by atoms with van der Waals surface area (Å²) in [5.41, 5.74) is 0.761. The Kier molecular flexibility index (Phi) is 5.60. The maximum Gasteiger partial charge on any atom is 0.277 e. The molecule has 1 N–H and O–H groups in total. The first-order valence-electron chi connectivity index (χ1n) is 6.05. The lowest BCUT2D eigenvalue weighted by Gasteiger charge is -1.99. The average Bonchev–Trinajstić information content (AvgIpc) is 2.95. The van der Waals surface area contributed by atoms with Crippen molar-refractivity contribution in [3.05, 3.63) is 29.3 Å². The number of thioether (sulfide) groups is 1. The van der Waals surface area contributed by atoms with E-state index in [1.165, 1.54) is 0 Å². The molecule has 0 saturated heterocycles. The first-order chi connectivity index (χ1) is 10.2. The third kappa shape index (κ3) is 4.77. The molecule has 0 fully saturated rings. The second kappa shape index (κ2) is 7.67. The van der Waals surface area contributed by atoms with E-state index in [0.29, 0.717) is 22.7 Å². The number of hydrogen-bond acceptors (Lipinski definition) is 6. The van der Waals surface area contributed by atoms with Gasteiger partial charge in [0.15, 0.2) is 0 Å². The van der Waals surface area contributed by atoms with Crippen molar-refractivity contribution in [3.63, 3.8) is 0 Å². The standard InChI is InChI=1S/C13H11ClN4O2S/c14-10-4-2-9(3-5-10)12-17-18-13(20-12)21-8-11(19)16-7-1-6-15/h2-5H,1,7-8H2,(H,16,19). The van der Waals surface area contributed by atoms with E-state index in [0.717, 1.165) is 17.3 Å². The molecule has 0 unspecified atom stereocenters. The Morgan fingerprint density at radius 1 is 1.38 bits per heavy atom. The Morgan fingerprint density at radius 2 is 2.14 bits per heavy atom. The molecule has 0 spiro atoms. The van der Waals surface area contributed by atoms with Gasteiger partial charge in [-0.1, -0.05) is 23.4 Å². The SMILES string of the molecule is N#CCCNC(=O)CSc1nnc(-c2ccc(Cl)cc2)o1. The minimum Gasteiger partial charge on any atom is -0.411 e. The molecule has 2 rings (SSSR count). The van der Waals surface area contributed by atoms with E-state index < -0.39 is 0 Å². The van der Waals surface area contributed by atoms with Gasteiger partial charge in [0.05, 0.1) is 18.2 Å². The smallest absolute Gasteiger partial charge is 0.277 e. The number of halogens is 1. The molecule has 21 heavy (non-hydrogen) atoms. The number of nitrogens with one attached hydrogen (secondary N) is 1. The van der Waals surface area contributed by atoms with Gasteiger partial charge in [-0.3, -0.25) is 4.79 Å². The van der Waals surface area contributed by atoms with E-state index in [2.05, 4.69) is 15.5 Å². The molecular formula is C13H11ClN4O2S. The Morgan fingerprint density at radius 3 is 2.86 bits per heavy atom. The van der Waals surface area contributed by atoms with Crippen molar-refractivity contribution < 1.29 is 9.21 Å². The van der Waals surface area contributed by atoms with Gasteiger partial charge in [0.2, 0.25) is 11.8 Å². The fourth-order valence-electron chi connectivity index (χ4n) is 1.41. The third-order valence-electron chi connectivity index (χ3n) is 2.38. The predicted octanol–water partition coefficient (Wildman–Crippen LogP) is 2.51. The van der Waals surface area contributed by atoms with Crippen LogP contribution in [0.4, 0.5) is 0 Å². The van der Waals surface area contributed by atoms with Crippen molar-refractivity contribution in [2.45, 2.75) is 11.6 Å². The zero-order chi connectivity index (χ0) is 15.1. The van der Waals surface area contributed by atoms with Gasteiger partial charge in [-0.15, -0.1) is 10.2 Å². The molecule has 1 amide bonds. The van der Waals surface area contributed by atoms with Crippen LogP contribution >= 0.6 is 23.4 Å². The van der Waals surface area contributed by atoms with Crippen molar-refractivity contribution in [2.24, 2.45) is 0 Å². The Balaban J connectivity index is 1.87. The number of nitriles is 1. The molecule has 0 atom stereocenters. The molecular weight excluding hydrogens is 312 g/mol. The number of nitrogens with zero attached hydrogens (tertiary/aromatic N) is 3. The second-order valence-electron chi connectivity index (χ2n) is 3.93. The molecule has 0 bridgehead atoms. The van der Waals surface area contributed by atoms with Gasteiger partial charge >= 0.3 is 0 Å². The summed E-state index contributed by atoms with van der Waals surface area (Å²) in [6.45, 7) is 0.343. The van der Waals surface area contributed by atoms with Crippen LogP contribution in [0.3, 0.4) is 0 Å². The van der Waals surface area contributed by atoms with Crippen molar-refractivity contribution in [3.8, 4) is 17.5 Å². The van der Waals surface area contributed by atoms with E-state index in [4.69, 9.17) is 21.3 Å². The van der Waals surface area contributed by atoms with Crippen LogP contribution in [0.1, 0.15) is 6.42 Å². The highest BCUT2D eigenvalue weighted by atomic mass is 35.5. The van der Waals surface area contributed by atoms with Crippen molar-refractivity contribution in [1.29, 1.82) is 5.26 Å². The van der Waals surface area contributed by atoms with Crippen LogP contribution < -0.4 is 5.32 Å². The minimum atomic E-state index is -0.179. The van der Waals surface area contributed by atoms with Gasteiger partial charge in [-0.05, 0) is 24.3 Å². The lowest BCUT2D eigenvalue weighted by Crippen LogP contribution is -2.25. The molecule has 0 aliphatic rings. The first kappa shape index (κ1) is 15.4. The van der Waals surface area contributed by atoms with Crippen LogP contribution in [0.2, 0.25) is 5.02 Å². The maximum atomic E-state index is 11.5. The molecule has 6 nitrogen and oxygen atoms in total. The zero-order valence-electron chi connectivity index (χ0n) is 10.9. The summed E-state index contributed by atoms with van der Waals surface area (Å²) >= 11 is 6.95. The van der Waals surface area contributed by atoms with Crippen LogP contribution in [-0.4, -0.2) is 28.4 Å². The van der Waals surface area contributed by atoms with Gasteiger partial charge in [0, 0.05) is 17.1 Å². The fourth-order valence-corrected chi connectivity index (χ4v) is 2.13. The predicted molar refractivity (Wildman–Crippen MR) is 78.7 cm³/mol. The van der Waals surface area contributed by atoms with Crippen molar-refractivity contribution in [2.75, 3.05) is 12.3 Å². The van der Waals surface area contributed by atoms with Crippen LogP contribution in [0.25, 0.3) is 11.5 Å². The molecule has 1 heterocycles. The number of carbonyl (C=O) groups excluding carboxylic acids is 1. The average molecular weight is 323 g/mol. The number of carbonyl (C=O) groups is 1. The number of amides is 1. The highest BCUT2D eigenvalue weighted by Gasteiger charge is 2.10.